The third-order valence-electron chi connectivity index (χ3n) is 8.12. The fraction of sp³-hybridized carbons (Fsp3) is 0.316. The molecule has 0 aliphatic heterocycles. The summed E-state index contributed by atoms with van der Waals surface area (Å²) in [5, 5.41) is 3.06. The number of nitrogens with zero attached hydrogens (tertiary/aromatic N) is 2. The van der Waals surface area contributed by atoms with Gasteiger partial charge in [-0.25, -0.2) is 8.42 Å². The number of benzene rings is 4. The van der Waals surface area contributed by atoms with Crippen LogP contribution in [0.5, 0.6) is 11.5 Å². The topological polar surface area (TPSA) is 105 Å². The maximum Gasteiger partial charge on any atom is 0.264 e. The highest BCUT2D eigenvalue weighted by molar-refractivity contribution is 7.98. The minimum atomic E-state index is -4.23. The van der Waals surface area contributed by atoms with E-state index in [9.17, 15) is 18.0 Å². The van der Waals surface area contributed by atoms with Crippen LogP contribution in [0.25, 0.3) is 0 Å². The minimum Gasteiger partial charge on any atom is -0.497 e. The van der Waals surface area contributed by atoms with Crippen molar-refractivity contribution in [3.63, 3.8) is 0 Å². The summed E-state index contributed by atoms with van der Waals surface area (Å²) in [7, 11) is -2.67. The Bertz CT molecular complexity index is 1770. The second-order valence-electron chi connectivity index (χ2n) is 11.5. The first kappa shape index (κ1) is 37.3. The van der Waals surface area contributed by atoms with Gasteiger partial charge in [0.15, 0.2) is 0 Å². The van der Waals surface area contributed by atoms with Crippen LogP contribution in [-0.2, 0) is 32.6 Å². The van der Waals surface area contributed by atoms with Gasteiger partial charge in [-0.3, -0.25) is 13.9 Å². The van der Waals surface area contributed by atoms with Gasteiger partial charge in [0, 0.05) is 23.9 Å². The lowest BCUT2D eigenvalue weighted by molar-refractivity contribution is -0.140. The monoisotopic (exact) mass is 703 g/mol. The molecule has 0 fully saturated rings. The number of methoxy groups -OCH3 is 1. The molecule has 0 radical (unpaired) electrons. The van der Waals surface area contributed by atoms with Crippen molar-refractivity contribution in [2.24, 2.45) is 0 Å². The molecule has 0 saturated carbocycles. The molecule has 4 aromatic carbocycles. The molecule has 0 aliphatic rings. The number of carbonyl (C=O) groups excluding carboxylic acids is 2. The Morgan fingerprint density at radius 2 is 1.53 bits per heavy atom. The average molecular weight is 704 g/mol. The van der Waals surface area contributed by atoms with Crippen molar-refractivity contribution < 1.29 is 27.5 Å². The molecular weight excluding hydrogens is 659 g/mol. The van der Waals surface area contributed by atoms with Crippen molar-refractivity contribution >= 4 is 39.3 Å². The molecule has 0 unspecified atom stereocenters. The van der Waals surface area contributed by atoms with Crippen molar-refractivity contribution in [1.29, 1.82) is 0 Å². The summed E-state index contributed by atoms with van der Waals surface area (Å²) in [6.07, 6.45) is 2.84. The zero-order valence-electron chi connectivity index (χ0n) is 28.7. The molecule has 9 nitrogen and oxygen atoms in total. The van der Waals surface area contributed by atoms with Gasteiger partial charge < -0.3 is 19.7 Å². The maximum atomic E-state index is 14.7. The molecular formula is C38H45N3O6S2. The summed E-state index contributed by atoms with van der Waals surface area (Å²) in [6, 6.07) is 28.8. The number of nitrogens with one attached hydrogen (secondary N) is 1. The average Bonchev–Trinajstić information content (AvgIpc) is 3.12. The number of sulfonamides is 1. The summed E-state index contributed by atoms with van der Waals surface area (Å²) < 4.78 is 40.8. The van der Waals surface area contributed by atoms with E-state index in [4.69, 9.17) is 9.47 Å². The molecule has 4 aromatic rings. The van der Waals surface area contributed by atoms with Gasteiger partial charge in [-0.15, -0.1) is 11.8 Å². The van der Waals surface area contributed by atoms with E-state index in [1.165, 1.54) is 16.7 Å². The van der Waals surface area contributed by atoms with E-state index in [1.807, 2.05) is 69.5 Å². The highest BCUT2D eigenvalue weighted by Gasteiger charge is 2.35. The SMILES string of the molecule is CCOc1ccc(N(CC(=O)N(Cc2cccc(OC)c2)[C@H](Cc2ccccc2)C(=O)N[C@H](C)CC)S(=O)(=O)c2ccc(SC)cc2)cc1. The van der Waals surface area contributed by atoms with Crippen LogP contribution >= 0.6 is 11.8 Å². The predicted octanol–water partition coefficient (Wildman–Crippen LogP) is 6.57. The van der Waals surface area contributed by atoms with Crippen molar-refractivity contribution in [3.05, 3.63) is 114 Å². The largest absolute Gasteiger partial charge is 0.497 e. The van der Waals surface area contributed by atoms with E-state index >= 15 is 0 Å². The van der Waals surface area contributed by atoms with Crippen molar-refractivity contribution in [2.75, 3.05) is 30.8 Å². The number of hydrogen-bond donors (Lipinski definition) is 1. The summed E-state index contributed by atoms with van der Waals surface area (Å²) in [4.78, 5) is 31.2. The zero-order chi connectivity index (χ0) is 35.4. The van der Waals surface area contributed by atoms with Gasteiger partial charge in [0.05, 0.1) is 24.3 Å². The highest BCUT2D eigenvalue weighted by Crippen LogP contribution is 2.28. The molecule has 4 rings (SSSR count). The number of rotatable bonds is 17. The van der Waals surface area contributed by atoms with E-state index < -0.39 is 28.5 Å². The van der Waals surface area contributed by atoms with Crippen LogP contribution in [0.4, 0.5) is 5.69 Å². The molecule has 11 heteroatoms. The van der Waals surface area contributed by atoms with Crippen molar-refractivity contribution in [3.8, 4) is 11.5 Å². The van der Waals surface area contributed by atoms with E-state index in [2.05, 4.69) is 5.32 Å². The molecule has 0 bridgehead atoms. The minimum absolute atomic E-state index is 0.0427. The van der Waals surface area contributed by atoms with Crippen molar-refractivity contribution in [1.82, 2.24) is 10.2 Å². The first-order chi connectivity index (χ1) is 23.6. The molecule has 2 atom stereocenters. The van der Waals surface area contributed by atoms with Crippen LogP contribution in [0, 0.1) is 0 Å². The maximum absolute atomic E-state index is 14.7. The van der Waals surface area contributed by atoms with Gasteiger partial charge in [-0.1, -0.05) is 49.4 Å². The lowest BCUT2D eigenvalue weighted by atomic mass is 10.0. The Morgan fingerprint density at radius 1 is 0.857 bits per heavy atom. The summed E-state index contributed by atoms with van der Waals surface area (Å²) in [5.41, 5.74) is 1.88. The molecule has 0 aromatic heterocycles. The third-order valence-corrected chi connectivity index (χ3v) is 10.7. The summed E-state index contributed by atoms with van der Waals surface area (Å²) >= 11 is 1.50. The molecule has 49 heavy (non-hydrogen) atoms. The second-order valence-corrected chi connectivity index (χ2v) is 14.3. The Labute approximate surface area is 294 Å². The molecule has 260 valence electrons. The molecule has 2 amide bonds. The normalized spacial score (nSPS) is 12.4. The highest BCUT2D eigenvalue weighted by atomic mass is 32.2. The van der Waals surface area contributed by atoms with Gasteiger partial charge in [-0.2, -0.15) is 0 Å². The fourth-order valence-corrected chi connectivity index (χ4v) is 7.06. The summed E-state index contributed by atoms with van der Waals surface area (Å²) in [6.45, 7) is 5.69. The summed E-state index contributed by atoms with van der Waals surface area (Å²) in [5.74, 6) is 0.309. The lowest BCUT2D eigenvalue weighted by Crippen LogP contribution is -2.54. The second kappa shape index (κ2) is 17.8. The van der Waals surface area contributed by atoms with Crippen LogP contribution in [-0.4, -0.2) is 63.7 Å². The van der Waals surface area contributed by atoms with Crippen molar-refractivity contribution in [2.45, 2.75) is 62.0 Å². The number of anilines is 1. The smallest absolute Gasteiger partial charge is 0.264 e. The van der Waals surface area contributed by atoms with E-state index in [0.29, 0.717) is 24.5 Å². The van der Waals surface area contributed by atoms with E-state index in [1.54, 1.807) is 67.8 Å². The standard InChI is InChI=1S/C38H45N3O6S2/c1-6-28(3)39-38(43)36(25-29-12-9-8-10-13-29)40(26-30-14-11-15-33(24-30)46-4)37(42)27-41(31-16-18-32(19-17-31)47-7-2)49(44,45)35-22-20-34(48-5)21-23-35/h8-24,28,36H,6-7,25-27H2,1-5H3,(H,39,43)/t28-,36-/m1/s1. The fourth-order valence-electron chi connectivity index (χ4n) is 5.24. The zero-order valence-corrected chi connectivity index (χ0v) is 30.3. The molecule has 0 aliphatic carbocycles. The van der Waals surface area contributed by atoms with Gasteiger partial charge in [0.1, 0.15) is 24.1 Å². The quantitative estimate of drug-likeness (QED) is 0.124. The van der Waals surface area contributed by atoms with E-state index in [-0.39, 0.29) is 35.5 Å². The number of carbonyl (C=O) groups is 2. The molecule has 1 N–H and O–H groups in total. The van der Waals surface area contributed by atoms with Crippen LogP contribution in [0.1, 0.15) is 38.3 Å². The van der Waals surface area contributed by atoms with Crippen LogP contribution in [0.3, 0.4) is 0 Å². The first-order valence-electron chi connectivity index (χ1n) is 16.3. The number of ether oxygens (including phenoxy) is 2. The number of amides is 2. The predicted molar refractivity (Wildman–Crippen MR) is 196 cm³/mol. The number of hydrogen-bond acceptors (Lipinski definition) is 7. The van der Waals surface area contributed by atoms with Gasteiger partial charge >= 0.3 is 0 Å². The molecule has 0 heterocycles. The Morgan fingerprint density at radius 3 is 2.14 bits per heavy atom. The van der Waals surface area contributed by atoms with Gasteiger partial charge in [-0.05, 0) is 98.3 Å². The van der Waals surface area contributed by atoms with Crippen LogP contribution < -0.4 is 19.1 Å². The lowest BCUT2D eigenvalue weighted by Gasteiger charge is -2.34. The molecule has 0 spiro atoms. The van der Waals surface area contributed by atoms with E-state index in [0.717, 1.165) is 20.3 Å². The third kappa shape index (κ3) is 10.0. The molecule has 0 saturated heterocycles. The Balaban J connectivity index is 1.82. The number of thioether (sulfide) groups is 1. The Hall–Kier alpha value is -4.48. The van der Waals surface area contributed by atoms with Crippen LogP contribution in [0.15, 0.2) is 113 Å². The first-order valence-corrected chi connectivity index (χ1v) is 18.9. The van der Waals surface area contributed by atoms with Gasteiger partial charge in [0.2, 0.25) is 11.8 Å². The van der Waals surface area contributed by atoms with Gasteiger partial charge in [0.25, 0.3) is 10.0 Å². The van der Waals surface area contributed by atoms with Crippen LogP contribution in [0.2, 0.25) is 0 Å². The Kier molecular flexibility index (Phi) is 13.6.